The zero-order valence-electron chi connectivity index (χ0n) is 21.3. The van der Waals surface area contributed by atoms with Crippen LogP contribution in [0, 0.1) is 10.8 Å². The molecule has 3 aromatic rings. The summed E-state index contributed by atoms with van der Waals surface area (Å²) in [5, 5.41) is 3.21. The second kappa shape index (κ2) is 7.53. The minimum absolute atomic E-state index is 0.394. The van der Waals surface area contributed by atoms with Gasteiger partial charge in [0, 0.05) is 16.1 Å². The molecule has 0 nitrogen and oxygen atoms in total. The van der Waals surface area contributed by atoms with Gasteiger partial charge in [-0.05, 0) is 68.0 Å². The van der Waals surface area contributed by atoms with Crippen LogP contribution in [0.2, 0.25) is 12.6 Å². The van der Waals surface area contributed by atoms with E-state index in [2.05, 4.69) is 118 Å². The van der Waals surface area contributed by atoms with E-state index in [0.717, 1.165) is 6.42 Å². The lowest BCUT2D eigenvalue weighted by atomic mass is 9.39. The normalized spacial score (nSPS) is 25.3. The molecular formula is C33H33BS. The molecule has 1 fully saturated rings. The van der Waals surface area contributed by atoms with Crippen molar-refractivity contribution >= 4 is 34.8 Å². The van der Waals surface area contributed by atoms with Crippen LogP contribution in [0.4, 0.5) is 0 Å². The number of allylic oxidation sites excluding steroid dienone is 4. The van der Waals surface area contributed by atoms with Crippen molar-refractivity contribution < 1.29 is 0 Å². The summed E-state index contributed by atoms with van der Waals surface area (Å²) in [5.74, 6) is 0.515. The number of hydrogen-bond donors (Lipinski definition) is 0. The van der Waals surface area contributed by atoms with Crippen LogP contribution in [0.3, 0.4) is 0 Å². The number of rotatable bonds is 2. The summed E-state index contributed by atoms with van der Waals surface area (Å²) in [7, 11) is 0. The molecule has 1 saturated heterocycles. The quantitative estimate of drug-likeness (QED) is 0.335. The molecule has 0 spiro atoms. The van der Waals surface area contributed by atoms with Crippen molar-refractivity contribution in [1.29, 1.82) is 0 Å². The molecule has 2 unspecified atom stereocenters. The molecule has 2 aliphatic carbocycles. The average Bonchev–Trinajstić information content (AvgIpc) is 3.49. The van der Waals surface area contributed by atoms with E-state index in [-0.39, 0.29) is 0 Å². The van der Waals surface area contributed by atoms with Gasteiger partial charge in [-0.15, -0.1) is 11.8 Å². The summed E-state index contributed by atoms with van der Waals surface area (Å²) in [4.78, 5) is 1.51. The maximum atomic E-state index is 2.49. The fraction of sp³-hybridized carbons (Fsp3) is 0.333. The highest BCUT2D eigenvalue weighted by molar-refractivity contribution is 8.00. The second-order valence-corrected chi connectivity index (χ2v) is 13.6. The maximum Gasteiger partial charge on any atom is 0.173 e. The smallest absolute Gasteiger partial charge is 0.118 e. The summed E-state index contributed by atoms with van der Waals surface area (Å²) in [6, 6.07) is 20.5. The first-order valence-electron chi connectivity index (χ1n) is 13.2. The molecule has 2 atom stereocenters. The van der Waals surface area contributed by atoms with Crippen LogP contribution in [0.1, 0.15) is 55.9 Å². The van der Waals surface area contributed by atoms with Crippen LogP contribution >= 0.6 is 11.8 Å². The summed E-state index contributed by atoms with van der Waals surface area (Å²) in [6.07, 6.45) is 13.5. The predicted octanol–water partition coefficient (Wildman–Crippen LogP) is 8.98. The number of fused-ring (bicyclic) bond motifs is 6. The molecule has 0 amide bonds. The Bertz CT molecular complexity index is 1450. The number of thioether (sulfide) groups is 1. The van der Waals surface area contributed by atoms with E-state index >= 15 is 0 Å². The van der Waals surface area contributed by atoms with E-state index in [4.69, 9.17) is 0 Å². The molecular weight excluding hydrogens is 439 g/mol. The molecule has 4 aliphatic rings. The van der Waals surface area contributed by atoms with Gasteiger partial charge in [-0.3, -0.25) is 0 Å². The zero-order valence-corrected chi connectivity index (χ0v) is 22.1. The molecule has 3 aromatic carbocycles. The van der Waals surface area contributed by atoms with Gasteiger partial charge in [0.05, 0.1) is 0 Å². The van der Waals surface area contributed by atoms with Crippen LogP contribution < -0.4 is 0 Å². The van der Waals surface area contributed by atoms with Crippen molar-refractivity contribution in [2.24, 2.45) is 10.8 Å². The van der Waals surface area contributed by atoms with Crippen molar-refractivity contribution in [3.8, 4) is 0 Å². The van der Waals surface area contributed by atoms with Gasteiger partial charge in [0.25, 0.3) is 0 Å². The fourth-order valence-corrected chi connectivity index (χ4v) is 8.79. The average molecular weight is 473 g/mol. The standard InChI is InChI=1S/C33H33BS/c1-32(2)19-34(20-33(32,3)4)28-11-7-10-27-30-26-15-14-24(25(26)16-17-29(30)35-31(27)28)23-13-12-21-8-5-6-9-22(21)18-23/h5-14,16-18,27,31H,15,19-20H2,1-4H3. The van der Waals surface area contributed by atoms with Crippen LogP contribution in [0.15, 0.2) is 89.3 Å². The van der Waals surface area contributed by atoms with E-state index in [9.17, 15) is 0 Å². The summed E-state index contributed by atoms with van der Waals surface area (Å²) < 4.78 is 0. The van der Waals surface area contributed by atoms with Gasteiger partial charge in [0.1, 0.15) is 0 Å². The van der Waals surface area contributed by atoms with Crippen molar-refractivity contribution in [1.82, 2.24) is 0 Å². The topological polar surface area (TPSA) is 0 Å². The minimum atomic E-state index is 0.394. The lowest BCUT2D eigenvalue weighted by molar-refractivity contribution is 0.177. The third-order valence-corrected chi connectivity index (χ3v) is 11.3. The van der Waals surface area contributed by atoms with E-state index < -0.39 is 0 Å². The molecule has 2 heterocycles. The molecule has 174 valence electrons. The predicted molar refractivity (Wildman–Crippen MR) is 154 cm³/mol. The highest BCUT2D eigenvalue weighted by Gasteiger charge is 2.51. The Hall–Kier alpha value is -2.45. The largest absolute Gasteiger partial charge is 0.173 e. The van der Waals surface area contributed by atoms with E-state index in [0.29, 0.717) is 28.7 Å². The SMILES string of the molecule is CC1(C)CB(C2=CC=CC3c4c(ccc5c4CC=C5c4ccc5ccccc5c4)SC23)CC1(C)C. The van der Waals surface area contributed by atoms with E-state index in [1.165, 1.54) is 45.0 Å². The van der Waals surface area contributed by atoms with Gasteiger partial charge >= 0.3 is 0 Å². The highest BCUT2D eigenvalue weighted by atomic mass is 32.2. The second-order valence-electron chi connectivity index (χ2n) is 12.4. The molecule has 0 radical (unpaired) electrons. The summed E-state index contributed by atoms with van der Waals surface area (Å²) in [5.41, 5.74) is 9.89. The van der Waals surface area contributed by atoms with Crippen molar-refractivity contribution in [3.63, 3.8) is 0 Å². The van der Waals surface area contributed by atoms with Crippen LogP contribution in [-0.2, 0) is 6.42 Å². The first kappa shape index (κ1) is 21.8. The lowest BCUT2D eigenvalue weighted by Gasteiger charge is -2.35. The molecule has 2 heteroatoms. The van der Waals surface area contributed by atoms with Crippen molar-refractivity contribution in [2.75, 3.05) is 0 Å². The Morgan fingerprint density at radius 3 is 2.46 bits per heavy atom. The Morgan fingerprint density at radius 2 is 1.66 bits per heavy atom. The molecule has 2 aliphatic heterocycles. The zero-order chi connectivity index (χ0) is 23.9. The van der Waals surface area contributed by atoms with Gasteiger partial charge in [-0.2, -0.15) is 0 Å². The molecule has 0 aromatic heterocycles. The molecule has 0 saturated carbocycles. The van der Waals surface area contributed by atoms with E-state index in [1.807, 2.05) is 0 Å². The molecule has 0 bridgehead atoms. The maximum absolute atomic E-state index is 2.49. The minimum Gasteiger partial charge on any atom is -0.118 e. The molecule has 7 rings (SSSR count). The fourth-order valence-electron chi connectivity index (χ4n) is 7.20. The van der Waals surface area contributed by atoms with Crippen LogP contribution in [-0.4, -0.2) is 12.0 Å². The van der Waals surface area contributed by atoms with E-state index in [1.54, 1.807) is 16.6 Å². The first-order valence-corrected chi connectivity index (χ1v) is 14.1. The Morgan fingerprint density at radius 1 is 0.886 bits per heavy atom. The summed E-state index contributed by atoms with van der Waals surface area (Å²) >= 11 is 2.14. The molecule has 0 N–H and O–H groups in total. The van der Waals surface area contributed by atoms with Gasteiger partial charge in [-0.1, -0.05) is 113 Å². The highest BCUT2D eigenvalue weighted by Crippen LogP contribution is 2.59. The van der Waals surface area contributed by atoms with Gasteiger partial charge in [-0.25, -0.2) is 0 Å². The first-order chi connectivity index (χ1) is 16.8. The monoisotopic (exact) mass is 472 g/mol. The Balaban J connectivity index is 1.23. The van der Waals surface area contributed by atoms with Gasteiger partial charge in [0.2, 0.25) is 0 Å². The van der Waals surface area contributed by atoms with Crippen molar-refractivity contribution in [2.45, 2.75) is 62.8 Å². The lowest BCUT2D eigenvalue weighted by Crippen LogP contribution is -2.26. The summed E-state index contributed by atoms with van der Waals surface area (Å²) in [6.45, 7) is 10.6. The van der Waals surface area contributed by atoms with Gasteiger partial charge in [0.15, 0.2) is 6.71 Å². The number of benzene rings is 3. The van der Waals surface area contributed by atoms with Gasteiger partial charge < -0.3 is 0 Å². The Kier molecular flexibility index (Phi) is 4.69. The number of hydrogen-bond acceptors (Lipinski definition) is 1. The molecule has 35 heavy (non-hydrogen) atoms. The van der Waals surface area contributed by atoms with Crippen molar-refractivity contribution in [3.05, 3.63) is 107 Å². The third-order valence-electron chi connectivity index (χ3n) is 9.84. The third kappa shape index (κ3) is 3.22. The van der Waals surface area contributed by atoms with Crippen LogP contribution in [0.5, 0.6) is 0 Å². The Labute approximate surface area is 214 Å². The van der Waals surface area contributed by atoms with Crippen LogP contribution in [0.25, 0.3) is 16.3 Å².